The number of hydrogen-bond acceptors (Lipinski definition) is 6. The molecule has 6 nitrogen and oxygen atoms in total. The van der Waals surface area contributed by atoms with Crippen LogP contribution in [-0.4, -0.2) is 48.7 Å². The Morgan fingerprint density at radius 1 is 1.40 bits per heavy atom. The van der Waals surface area contributed by atoms with E-state index in [2.05, 4.69) is 34.0 Å². The predicted octanol–water partition coefficient (Wildman–Crippen LogP) is 2.68. The van der Waals surface area contributed by atoms with E-state index >= 15 is 0 Å². The Hall–Kier alpha value is -1.73. The number of aryl methyl sites for hydroxylation is 2. The zero-order valence-corrected chi connectivity index (χ0v) is 16.2. The molecule has 1 amide bonds. The normalized spacial score (nSPS) is 17.0. The smallest absolute Gasteiger partial charge is 0.223 e. The Balaban J connectivity index is 1.68. The van der Waals surface area contributed by atoms with E-state index in [-0.39, 0.29) is 17.9 Å². The van der Waals surface area contributed by atoms with Crippen molar-refractivity contribution in [3.05, 3.63) is 16.8 Å². The Labute approximate surface area is 152 Å². The second-order valence-corrected chi connectivity index (χ2v) is 7.99. The number of amides is 1. The number of nitrogens with zero attached hydrogens (tertiary/aromatic N) is 3. The fourth-order valence-electron chi connectivity index (χ4n) is 3.41. The van der Waals surface area contributed by atoms with Gasteiger partial charge in [0.05, 0.1) is 12.0 Å². The maximum absolute atomic E-state index is 12.4. The first-order valence-corrected chi connectivity index (χ1v) is 9.57. The molecular weight excluding hydrogens is 336 g/mol. The summed E-state index contributed by atoms with van der Waals surface area (Å²) < 4.78 is 5.08. The van der Waals surface area contributed by atoms with Gasteiger partial charge in [-0.15, -0.1) is 11.3 Å². The molecular formula is C18H26N4O2S. The Morgan fingerprint density at radius 3 is 2.80 bits per heavy atom. The van der Waals surface area contributed by atoms with Crippen molar-refractivity contribution in [2.45, 2.75) is 39.7 Å². The molecule has 0 aliphatic carbocycles. The highest BCUT2D eigenvalue weighted by molar-refractivity contribution is 7.18. The first-order chi connectivity index (χ1) is 12.0. The number of carbonyl (C=O) groups excluding carboxylic acids is 1. The maximum Gasteiger partial charge on any atom is 0.223 e. The number of hydrogen-bond donors (Lipinski definition) is 1. The van der Waals surface area contributed by atoms with Gasteiger partial charge in [0, 0.05) is 37.0 Å². The summed E-state index contributed by atoms with van der Waals surface area (Å²) in [6.07, 6.45) is 3.34. The van der Waals surface area contributed by atoms with E-state index in [0.29, 0.717) is 6.61 Å². The van der Waals surface area contributed by atoms with Crippen LogP contribution in [0.2, 0.25) is 0 Å². The van der Waals surface area contributed by atoms with E-state index in [1.165, 1.54) is 15.8 Å². The van der Waals surface area contributed by atoms with Crippen molar-refractivity contribution >= 4 is 33.3 Å². The first kappa shape index (κ1) is 18.1. The van der Waals surface area contributed by atoms with Gasteiger partial charge in [-0.3, -0.25) is 4.79 Å². The molecule has 1 saturated heterocycles. The van der Waals surface area contributed by atoms with E-state index in [4.69, 9.17) is 4.74 Å². The van der Waals surface area contributed by atoms with Crippen molar-refractivity contribution in [1.82, 2.24) is 15.3 Å². The van der Waals surface area contributed by atoms with Crippen molar-refractivity contribution < 1.29 is 9.53 Å². The van der Waals surface area contributed by atoms with Gasteiger partial charge in [0.2, 0.25) is 5.91 Å². The molecule has 0 aromatic carbocycles. The molecule has 1 N–H and O–H groups in total. The fourth-order valence-corrected chi connectivity index (χ4v) is 4.40. The lowest BCUT2D eigenvalue weighted by Crippen LogP contribution is -2.44. The van der Waals surface area contributed by atoms with Gasteiger partial charge in [-0.1, -0.05) is 0 Å². The summed E-state index contributed by atoms with van der Waals surface area (Å²) in [5, 5.41) is 4.21. The van der Waals surface area contributed by atoms with Crippen LogP contribution in [-0.2, 0) is 9.53 Å². The molecule has 0 unspecified atom stereocenters. The first-order valence-electron chi connectivity index (χ1n) is 8.76. The van der Waals surface area contributed by atoms with E-state index in [9.17, 15) is 4.79 Å². The average molecular weight is 362 g/mol. The van der Waals surface area contributed by atoms with Crippen LogP contribution in [0.1, 0.15) is 30.2 Å². The van der Waals surface area contributed by atoms with Crippen LogP contribution in [0, 0.1) is 19.8 Å². The van der Waals surface area contributed by atoms with E-state index in [0.717, 1.165) is 36.6 Å². The number of methoxy groups -OCH3 is 1. The van der Waals surface area contributed by atoms with Crippen molar-refractivity contribution in [1.29, 1.82) is 0 Å². The second kappa shape index (κ2) is 7.66. The van der Waals surface area contributed by atoms with Crippen molar-refractivity contribution in [2.75, 3.05) is 31.7 Å². The molecule has 0 spiro atoms. The highest BCUT2D eigenvalue weighted by Crippen LogP contribution is 2.35. The summed E-state index contributed by atoms with van der Waals surface area (Å²) in [5.74, 6) is 1.22. The second-order valence-electron chi connectivity index (χ2n) is 6.79. The summed E-state index contributed by atoms with van der Waals surface area (Å²) in [6, 6.07) is 0.0495. The number of aromatic nitrogens is 2. The lowest BCUT2D eigenvalue weighted by molar-refractivity contribution is -0.126. The number of piperidine rings is 1. The quantitative estimate of drug-likeness (QED) is 0.886. The molecule has 3 rings (SSSR count). The van der Waals surface area contributed by atoms with Gasteiger partial charge in [-0.2, -0.15) is 0 Å². The molecule has 7 heteroatoms. The minimum absolute atomic E-state index is 0.0495. The number of fused-ring (bicyclic) bond motifs is 1. The summed E-state index contributed by atoms with van der Waals surface area (Å²) in [6.45, 7) is 8.46. The highest BCUT2D eigenvalue weighted by Gasteiger charge is 2.27. The monoisotopic (exact) mass is 362 g/mol. The Bertz CT molecular complexity index is 753. The molecule has 1 aliphatic rings. The van der Waals surface area contributed by atoms with Crippen LogP contribution in [0.5, 0.6) is 0 Å². The molecule has 1 aliphatic heterocycles. The fraction of sp³-hybridized carbons (Fsp3) is 0.611. The minimum atomic E-state index is 0.0495. The molecule has 25 heavy (non-hydrogen) atoms. The van der Waals surface area contributed by atoms with Gasteiger partial charge >= 0.3 is 0 Å². The van der Waals surface area contributed by atoms with E-state index in [1.807, 2.05) is 6.92 Å². The van der Waals surface area contributed by atoms with E-state index < -0.39 is 0 Å². The zero-order chi connectivity index (χ0) is 18.0. The third-order valence-electron chi connectivity index (χ3n) is 4.92. The zero-order valence-electron chi connectivity index (χ0n) is 15.3. The number of anilines is 1. The molecule has 3 heterocycles. The molecule has 0 saturated carbocycles. The summed E-state index contributed by atoms with van der Waals surface area (Å²) in [4.78, 5) is 26.0. The van der Waals surface area contributed by atoms with Crippen LogP contribution in [0.25, 0.3) is 10.2 Å². The topological polar surface area (TPSA) is 67.3 Å². The van der Waals surface area contributed by atoms with Crippen molar-refractivity contribution in [2.24, 2.45) is 5.92 Å². The number of rotatable bonds is 5. The van der Waals surface area contributed by atoms with Crippen LogP contribution in [0.4, 0.5) is 5.82 Å². The molecule has 1 atom stereocenters. The van der Waals surface area contributed by atoms with E-state index in [1.54, 1.807) is 24.8 Å². The average Bonchev–Trinajstić information content (AvgIpc) is 2.90. The van der Waals surface area contributed by atoms with Gasteiger partial charge in [0.15, 0.2) is 0 Å². The highest BCUT2D eigenvalue weighted by atomic mass is 32.1. The largest absolute Gasteiger partial charge is 0.383 e. The molecule has 0 bridgehead atoms. The Morgan fingerprint density at radius 2 is 2.12 bits per heavy atom. The standard InChI is InChI=1S/C18H26N4O2S/c1-11(9-24-4)21-17(23)14-5-7-22(8-6-14)16-15-12(2)13(3)25-18(15)20-10-19-16/h10-11,14H,5-9H2,1-4H3,(H,21,23)/t11-/m1/s1. The van der Waals surface area contributed by atoms with Crippen molar-refractivity contribution in [3.8, 4) is 0 Å². The molecule has 2 aromatic heterocycles. The molecule has 136 valence electrons. The summed E-state index contributed by atoms with van der Waals surface area (Å²) in [7, 11) is 1.65. The number of thiophene rings is 1. The predicted molar refractivity (Wildman–Crippen MR) is 101 cm³/mol. The minimum Gasteiger partial charge on any atom is -0.383 e. The number of carbonyl (C=O) groups is 1. The third-order valence-corrected chi connectivity index (χ3v) is 6.03. The van der Waals surface area contributed by atoms with Gasteiger partial charge in [0.25, 0.3) is 0 Å². The Kier molecular flexibility index (Phi) is 5.54. The van der Waals surface area contributed by atoms with Crippen LogP contribution in [0.15, 0.2) is 6.33 Å². The molecule has 0 radical (unpaired) electrons. The SMILES string of the molecule is COC[C@@H](C)NC(=O)C1CCN(c2ncnc3sc(C)c(C)c23)CC1. The summed E-state index contributed by atoms with van der Waals surface area (Å²) in [5.41, 5.74) is 1.27. The van der Waals surface area contributed by atoms with Crippen LogP contribution < -0.4 is 10.2 Å². The lowest BCUT2D eigenvalue weighted by Gasteiger charge is -2.33. The van der Waals surface area contributed by atoms with Crippen molar-refractivity contribution in [3.63, 3.8) is 0 Å². The van der Waals surface area contributed by atoms with Crippen LogP contribution >= 0.6 is 11.3 Å². The van der Waals surface area contributed by atoms with Gasteiger partial charge in [0.1, 0.15) is 17.0 Å². The molecule has 1 fully saturated rings. The summed E-state index contributed by atoms with van der Waals surface area (Å²) >= 11 is 1.72. The lowest BCUT2D eigenvalue weighted by atomic mass is 9.95. The van der Waals surface area contributed by atoms with Crippen LogP contribution in [0.3, 0.4) is 0 Å². The van der Waals surface area contributed by atoms with Gasteiger partial charge in [-0.05, 0) is 39.2 Å². The third kappa shape index (κ3) is 3.77. The number of nitrogens with one attached hydrogen (secondary N) is 1. The maximum atomic E-state index is 12.4. The molecule has 2 aromatic rings. The number of ether oxygens (including phenoxy) is 1. The van der Waals surface area contributed by atoms with Gasteiger partial charge in [-0.25, -0.2) is 9.97 Å². The van der Waals surface area contributed by atoms with Gasteiger partial charge < -0.3 is 15.0 Å².